The van der Waals surface area contributed by atoms with Crippen molar-refractivity contribution in [2.75, 3.05) is 7.11 Å². The van der Waals surface area contributed by atoms with Crippen LogP contribution in [0.15, 0.2) is 24.3 Å². The summed E-state index contributed by atoms with van der Waals surface area (Å²) in [6, 6.07) is 6.58. The van der Waals surface area contributed by atoms with E-state index >= 15 is 0 Å². The quantitative estimate of drug-likeness (QED) is 0.723. The Bertz CT molecular complexity index is 458. The first-order chi connectivity index (χ1) is 7.56. The Morgan fingerprint density at radius 2 is 2.06 bits per heavy atom. The number of imide groups is 1. The molecule has 0 unspecified atom stereocenters. The van der Waals surface area contributed by atoms with Gasteiger partial charge in [-0.1, -0.05) is 12.1 Å². The summed E-state index contributed by atoms with van der Waals surface area (Å²) in [4.78, 5) is 22.8. The minimum absolute atomic E-state index is 0.356. The Kier molecular flexibility index (Phi) is 2.30. The highest BCUT2D eigenvalue weighted by Gasteiger charge is 2.43. The predicted molar refractivity (Wildman–Crippen MR) is 57.0 cm³/mol. The van der Waals surface area contributed by atoms with Crippen LogP contribution in [-0.2, 0) is 10.3 Å². The van der Waals surface area contributed by atoms with Crippen molar-refractivity contribution in [3.8, 4) is 5.75 Å². The molecule has 16 heavy (non-hydrogen) atoms. The molecule has 5 heteroatoms. The summed E-state index contributed by atoms with van der Waals surface area (Å²) in [6.07, 6.45) is 0. The molecule has 1 heterocycles. The molecule has 1 aromatic carbocycles. The maximum absolute atomic E-state index is 11.7. The molecular formula is C11H12N2O3. The lowest BCUT2D eigenvalue weighted by Gasteiger charge is -2.21. The first-order valence-electron chi connectivity index (χ1n) is 4.84. The molecule has 0 saturated carbocycles. The first kappa shape index (κ1) is 10.5. The van der Waals surface area contributed by atoms with E-state index in [4.69, 9.17) is 4.74 Å². The number of amides is 3. The molecule has 1 saturated heterocycles. The minimum Gasteiger partial charge on any atom is -0.497 e. The van der Waals surface area contributed by atoms with Gasteiger partial charge in [-0.25, -0.2) is 4.79 Å². The normalized spacial score (nSPS) is 23.9. The lowest BCUT2D eigenvalue weighted by molar-refractivity contribution is -0.123. The largest absolute Gasteiger partial charge is 0.497 e. The maximum atomic E-state index is 11.7. The standard InChI is InChI=1S/C11H12N2O3/c1-11(9(14)12-10(15)13-11)7-4-3-5-8(6-7)16-2/h3-6H,1-2H3,(H2,12,13,14,15)/t11-/m0/s1. The highest BCUT2D eigenvalue weighted by Crippen LogP contribution is 2.26. The van der Waals surface area contributed by atoms with E-state index in [1.54, 1.807) is 38.3 Å². The summed E-state index contributed by atoms with van der Waals surface area (Å²) in [5.41, 5.74) is -0.332. The molecule has 0 spiro atoms. The molecule has 0 bridgehead atoms. The average Bonchev–Trinajstić information content (AvgIpc) is 2.54. The zero-order valence-corrected chi connectivity index (χ0v) is 9.03. The van der Waals surface area contributed by atoms with Crippen molar-refractivity contribution in [2.24, 2.45) is 0 Å². The van der Waals surface area contributed by atoms with Gasteiger partial charge in [0.05, 0.1) is 7.11 Å². The molecule has 1 aliphatic heterocycles. The van der Waals surface area contributed by atoms with Gasteiger partial charge < -0.3 is 10.1 Å². The van der Waals surface area contributed by atoms with E-state index in [9.17, 15) is 9.59 Å². The van der Waals surface area contributed by atoms with Crippen molar-refractivity contribution in [3.05, 3.63) is 29.8 Å². The summed E-state index contributed by atoms with van der Waals surface area (Å²) < 4.78 is 5.08. The average molecular weight is 220 g/mol. The van der Waals surface area contributed by atoms with Crippen LogP contribution in [-0.4, -0.2) is 19.0 Å². The van der Waals surface area contributed by atoms with Crippen LogP contribution in [0.5, 0.6) is 5.75 Å². The first-order valence-corrected chi connectivity index (χ1v) is 4.84. The van der Waals surface area contributed by atoms with Gasteiger partial charge in [0.2, 0.25) is 0 Å². The van der Waals surface area contributed by atoms with Crippen LogP contribution in [0.1, 0.15) is 12.5 Å². The SMILES string of the molecule is COc1cccc([C@]2(C)NC(=O)NC2=O)c1. The van der Waals surface area contributed by atoms with Crippen molar-refractivity contribution in [1.82, 2.24) is 10.6 Å². The fourth-order valence-corrected chi connectivity index (χ4v) is 1.68. The molecule has 0 aliphatic carbocycles. The lowest BCUT2D eigenvalue weighted by atomic mass is 9.92. The van der Waals surface area contributed by atoms with E-state index in [0.717, 1.165) is 0 Å². The summed E-state index contributed by atoms with van der Waals surface area (Å²) in [5.74, 6) is 0.290. The highest BCUT2D eigenvalue weighted by molar-refractivity contribution is 6.07. The van der Waals surface area contributed by atoms with Gasteiger partial charge in [-0.3, -0.25) is 10.1 Å². The lowest BCUT2D eigenvalue weighted by Crippen LogP contribution is -2.40. The number of hydrogen-bond donors (Lipinski definition) is 2. The monoisotopic (exact) mass is 220 g/mol. The number of carbonyl (C=O) groups excluding carboxylic acids is 2. The topological polar surface area (TPSA) is 67.4 Å². The van der Waals surface area contributed by atoms with E-state index in [0.29, 0.717) is 11.3 Å². The Morgan fingerprint density at radius 3 is 2.62 bits per heavy atom. The molecule has 1 fully saturated rings. The fourth-order valence-electron chi connectivity index (χ4n) is 1.68. The molecule has 1 aromatic rings. The number of urea groups is 1. The number of methoxy groups -OCH3 is 1. The molecule has 84 valence electrons. The zero-order valence-electron chi connectivity index (χ0n) is 9.03. The van der Waals surface area contributed by atoms with Gasteiger partial charge in [0, 0.05) is 0 Å². The van der Waals surface area contributed by atoms with Gasteiger partial charge in [0.1, 0.15) is 11.3 Å². The van der Waals surface area contributed by atoms with Crippen molar-refractivity contribution in [1.29, 1.82) is 0 Å². The molecule has 2 rings (SSSR count). The molecule has 1 atom stereocenters. The minimum atomic E-state index is -1.02. The van der Waals surface area contributed by atoms with E-state index in [2.05, 4.69) is 10.6 Å². The number of benzene rings is 1. The zero-order chi connectivity index (χ0) is 11.8. The number of nitrogens with one attached hydrogen (secondary N) is 2. The third kappa shape index (κ3) is 1.50. The van der Waals surface area contributed by atoms with Crippen molar-refractivity contribution >= 4 is 11.9 Å². The third-order valence-corrected chi connectivity index (χ3v) is 2.69. The summed E-state index contributed by atoms with van der Waals surface area (Å²) in [6.45, 7) is 1.65. The summed E-state index contributed by atoms with van der Waals surface area (Å²) >= 11 is 0. The Balaban J connectivity index is 2.43. The Labute approximate surface area is 92.8 Å². The molecular weight excluding hydrogens is 208 g/mol. The van der Waals surface area contributed by atoms with E-state index < -0.39 is 11.6 Å². The highest BCUT2D eigenvalue weighted by atomic mass is 16.5. The van der Waals surface area contributed by atoms with E-state index in [-0.39, 0.29) is 5.91 Å². The number of ether oxygens (including phenoxy) is 1. The van der Waals surface area contributed by atoms with Gasteiger partial charge in [-0.2, -0.15) is 0 Å². The molecule has 5 nitrogen and oxygen atoms in total. The van der Waals surface area contributed by atoms with Crippen molar-refractivity contribution in [3.63, 3.8) is 0 Å². The van der Waals surface area contributed by atoms with Crippen LogP contribution in [0.4, 0.5) is 4.79 Å². The van der Waals surface area contributed by atoms with Gasteiger partial charge in [-0.15, -0.1) is 0 Å². The van der Waals surface area contributed by atoms with Crippen LogP contribution in [0, 0.1) is 0 Å². The molecule has 1 aliphatic rings. The fraction of sp³-hybridized carbons (Fsp3) is 0.273. The van der Waals surface area contributed by atoms with Crippen molar-refractivity contribution < 1.29 is 14.3 Å². The van der Waals surface area contributed by atoms with Gasteiger partial charge in [-0.05, 0) is 24.6 Å². The van der Waals surface area contributed by atoms with E-state index in [1.165, 1.54) is 0 Å². The molecule has 2 N–H and O–H groups in total. The van der Waals surface area contributed by atoms with Crippen LogP contribution in [0.25, 0.3) is 0 Å². The molecule has 0 radical (unpaired) electrons. The van der Waals surface area contributed by atoms with Crippen molar-refractivity contribution in [2.45, 2.75) is 12.5 Å². The number of hydrogen-bond acceptors (Lipinski definition) is 3. The number of rotatable bonds is 2. The van der Waals surface area contributed by atoms with Crippen LogP contribution in [0.3, 0.4) is 0 Å². The maximum Gasteiger partial charge on any atom is 0.322 e. The Morgan fingerprint density at radius 1 is 1.31 bits per heavy atom. The van der Waals surface area contributed by atoms with Gasteiger partial charge in [0.15, 0.2) is 0 Å². The predicted octanol–water partition coefficient (Wildman–Crippen LogP) is 0.750. The van der Waals surface area contributed by atoms with E-state index in [1.807, 2.05) is 0 Å². The van der Waals surface area contributed by atoms with Crippen LogP contribution < -0.4 is 15.4 Å². The molecule has 3 amide bonds. The smallest absolute Gasteiger partial charge is 0.322 e. The second-order valence-electron chi connectivity index (χ2n) is 3.77. The van der Waals surface area contributed by atoms with Gasteiger partial charge >= 0.3 is 6.03 Å². The Hall–Kier alpha value is -2.04. The third-order valence-electron chi connectivity index (χ3n) is 2.69. The second-order valence-corrected chi connectivity index (χ2v) is 3.77. The second kappa shape index (κ2) is 3.52. The molecule has 0 aromatic heterocycles. The van der Waals surface area contributed by atoms with Crippen LogP contribution in [0.2, 0.25) is 0 Å². The van der Waals surface area contributed by atoms with Gasteiger partial charge in [0.25, 0.3) is 5.91 Å². The summed E-state index contributed by atoms with van der Waals surface area (Å²) in [5, 5.41) is 4.81. The summed E-state index contributed by atoms with van der Waals surface area (Å²) in [7, 11) is 1.55. The van der Waals surface area contributed by atoms with Crippen LogP contribution >= 0.6 is 0 Å². The number of carbonyl (C=O) groups is 2.